The van der Waals surface area contributed by atoms with Gasteiger partial charge in [0.15, 0.2) is 5.43 Å². The highest BCUT2D eigenvalue weighted by atomic mass is 16.3. The maximum atomic E-state index is 11.9. The van der Waals surface area contributed by atoms with E-state index in [4.69, 9.17) is 4.42 Å². The molecule has 3 aromatic carbocycles. The molecule has 4 aromatic rings. The fourth-order valence-electron chi connectivity index (χ4n) is 3.30. The maximum Gasteiger partial charge on any atom is 0.255 e. The van der Waals surface area contributed by atoms with Crippen molar-refractivity contribution in [1.82, 2.24) is 0 Å². The molecule has 0 aliphatic rings. The Labute approximate surface area is 144 Å². The van der Waals surface area contributed by atoms with Crippen molar-refractivity contribution in [3.63, 3.8) is 0 Å². The Kier molecular flexibility index (Phi) is 3.57. The van der Waals surface area contributed by atoms with Crippen LogP contribution >= 0.6 is 0 Å². The molecule has 25 heavy (non-hydrogen) atoms. The Bertz CT molecular complexity index is 1180. The quantitative estimate of drug-likeness (QED) is 0.443. The lowest BCUT2D eigenvalue weighted by molar-refractivity contribution is -0.310. The van der Waals surface area contributed by atoms with Crippen LogP contribution in [0.5, 0.6) is 0 Å². The van der Waals surface area contributed by atoms with Gasteiger partial charge in [-0.25, -0.2) is 0 Å². The molecular weight excluding hydrogens is 314 g/mol. The van der Waals surface area contributed by atoms with Gasteiger partial charge in [-0.1, -0.05) is 0 Å². The topological polar surface area (TPSA) is 68.4 Å². The number of fused-ring (bicyclic) bond motifs is 4. The van der Waals surface area contributed by atoms with E-state index in [9.17, 15) is 4.79 Å². The number of aromatic nitrogens is 1. The predicted molar refractivity (Wildman–Crippen MR) is 102 cm³/mol. The van der Waals surface area contributed by atoms with E-state index in [2.05, 4.69) is 35.5 Å². The first kappa shape index (κ1) is 15.4. The molecule has 0 unspecified atom stereocenters. The SMILES string of the molecule is CCNc1cc2oc3cc(NC)c4ccc(=O)cc4c3[nH+]c2cc1C. The summed E-state index contributed by atoms with van der Waals surface area (Å²) in [6.45, 7) is 4.98. The molecular formula is C20H20N3O2+. The normalized spacial score (nSPS) is 11.3. The van der Waals surface area contributed by atoms with Crippen LogP contribution in [0.25, 0.3) is 33.0 Å². The molecule has 0 bridgehead atoms. The van der Waals surface area contributed by atoms with Gasteiger partial charge in [0.25, 0.3) is 5.52 Å². The fourth-order valence-corrected chi connectivity index (χ4v) is 3.30. The highest BCUT2D eigenvalue weighted by Crippen LogP contribution is 2.31. The molecule has 0 spiro atoms. The first-order chi connectivity index (χ1) is 12.1. The lowest BCUT2D eigenvalue weighted by Gasteiger charge is -2.09. The van der Waals surface area contributed by atoms with E-state index in [1.807, 2.05) is 25.2 Å². The van der Waals surface area contributed by atoms with E-state index in [0.717, 1.165) is 50.9 Å². The Hall–Kier alpha value is -3.08. The maximum absolute atomic E-state index is 11.9. The Morgan fingerprint density at radius 2 is 1.84 bits per heavy atom. The summed E-state index contributed by atoms with van der Waals surface area (Å²) in [6.07, 6.45) is 0. The van der Waals surface area contributed by atoms with Crippen LogP contribution in [-0.2, 0) is 0 Å². The van der Waals surface area contributed by atoms with Gasteiger partial charge in [-0.15, -0.1) is 0 Å². The molecule has 3 N–H and O–H groups in total. The second kappa shape index (κ2) is 5.77. The fraction of sp³-hybridized carbons (Fsp3) is 0.200. The molecule has 0 amide bonds. The van der Waals surface area contributed by atoms with E-state index in [1.165, 1.54) is 0 Å². The molecule has 126 valence electrons. The number of aryl methyl sites for hydroxylation is 1. The number of aromatic amines is 1. The van der Waals surface area contributed by atoms with Crippen molar-refractivity contribution in [3.05, 3.63) is 52.2 Å². The van der Waals surface area contributed by atoms with Crippen LogP contribution in [-0.4, -0.2) is 13.6 Å². The summed E-state index contributed by atoms with van der Waals surface area (Å²) < 4.78 is 6.17. The summed E-state index contributed by atoms with van der Waals surface area (Å²) in [7, 11) is 1.86. The molecule has 0 atom stereocenters. The predicted octanol–water partition coefficient (Wildman–Crippen LogP) is 3.70. The minimum atomic E-state index is -0.0192. The van der Waals surface area contributed by atoms with Crippen LogP contribution in [0.4, 0.5) is 11.4 Å². The third-order valence-electron chi connectivity index (χ3n) is 4.52. The van der Waals surface area contributed by atoms with Crippen LogP contribution in [0.2, 0.25) is 0 Å². The lowest BCUT2D eigenvalue weighted by Crippen LogP contribution is -2.09. The van der Waals surface area contributed by atoms with Crippen molar-refractivity contribution in [1.29, 1.82) is 0 Å². The van der Waals surface area contributed by atoms with Crippen LogP contribution in [0.3, 0.4) is 0 Å². The number of hydrogen-bond acceptors (Lipinski definition) is 4. The Balaban J connectivity index is 2.13. The molecule has 0 saturated carbocycles. The van der Waals surface area contributed by atoms with Crippen molar-refractivity contribution in [2.24, 2.45) is 0 Å². The van der Waals surface area contributed by atoms with Gasteiger partial charge in [0.2, 0.25) is 16.7 Å². The minimum Gasteiger partial charge on any atom is -0.443 e. The molecule has 0 aliphatic heterocycles. The second-order valence-electron chi connectivity index (χ2n) is 6.18. The Morgan fingerprint density at radius 1 is 1.04 bits per heavy atom. The molecule has 0 fully saturated rings. The van der Waals surface area contributed by atoms with Crippen LogP contribution in [0.15, 0.2) is 45.6 Å². The minimum absolute atomic E-state index is 0.0192. The molecule has 1 heterocycles. The lowest BCUT2D eigenvalue weighted by atomic mass is 10.1. The number of H-pyrrole nitrogens is 1. The highest BCUT2D eigenvalue weighted by molar-refractivity contribution is 6.08. The monoisotopic (exact) mass is 334 g/mol. The van der Waals surface area contributed by atoms with Crippen molar-refractivity contribution >= 4 is 44.3 Å². The van der Waals surface area contributed by atoms with Crippen LogP contribution < -0.4 is 21.0 Å². The molecule has 0 saturated heterocycles. The van der Waals surface area contributed by atoms with E-state index >= 15 is 0 Å². The summed E-state index contributed by atoms with van der Waals surface area (Å²) in [5, 5.41) is 8.37. The number of anilines is 2. The van der Waals surface area contributed by atoms with E-state index in [0.29, 0.717) is 5.58 Å². The first-order valence-electron chi connectivity index (χ1n) is 8.39. The number of hydrogen-bond donors (Lipinski definition) is 2. The third kappa shape index (κ3) is 2.48. The molecule has 5 heteroatoms. The van der Waals surface area contributed by atoms with Crippen molar-refractivity contribution < 1.29 is 9.40 Å². The van der Waals surface area contributed by atoms with E-state index in [-0.39, 0.29) is 5.43 Å². The van der Waals surface area contributed by atoms with Crippen LogP contribution in [0.1, 0.15) is 12.5 Å². The van der Waals surface area contributed by atoms with Gasteiger partial charge < -0.3 is 15.1 Å². The number of nitrogens with one attached hydrogen (secondary N) is 3. The third-order valence-corrected chi connectivity index (χ3v) is 4.52. The largest absolute Gasteiger partial charge is 0.443 e. The zero-order valence-electron chi connectivity index (χ0n) is 14.5. The average molecular weight is 334 g/mol. The zero-order valence-corrected chi connectivity index (χ0v) is 14.5. The first-order valence-corrected chi connectivity index (χ1v) is 8.39. The van der Waals surface area contributed by atoms with E-state index < -0.39 is 0 Å². The number of rotatable bonds is 3. The molecule has 5 nitrogen and oxygen atoms in total. The van der Waals surface area contributed by atoms with Gasteiger partial charge in [-0.2, -0.15) is 4.98 Å². The van der Waals surface area contributed by atoms with Crippen LogP contribution in [0, 0.1) is 6.92 Å². The second-order valence-corrected chi connectivity index (χ2v) is 6.18. The van der Waals surface area contributed by atoms with Gasteiger partial charge in [-0.3, -0.25) is 4.79 Å². The summed E-state index contributed by atoms with van der Waals surface area (Å²) in [4.78, 5) is 15.3. The van der Waals surface area contributed by atoms with Gasteiger partial charge in [0.1, 0.15) is 0 Å². The van der Waals surface area contributed by atoms with Crippen molar-refractivity contribution in [3.8, 4) is 0 Å². The highest BCUT2D eigenvalue weighted by Gasteiger charge is 2.17. The number of benzene rings is 3. The Morgan fingerprint density at radius 3 is 2.60 bits per heavy atom. The van der Waals surface area contributed by atoms with E-state index in [1.54, 1.807) is 12.1 Å². The summed E-state index contributed by atoms with van der Waals surface area (Å²) in [5.74, 6) is 0. The molecule has 0 radical (unpaired) electrons. The smallest absolute Gasteiger partial charge is 0.255 e. The van der Waals surface area contributed by atoms with Gasteiger partial charge in [0, 0.05) is 54.6 Å². The van der Waals surface area contributed by atoms with Crippen molar-refractivity contribution in [2.75, 3.05) is 24.2 Å². The van der Waals surface area contributed by atoms with Crippen molar-refractivity contribution in [2.45, 2.75) is 13.8 Å². The summed E-state index contributed by atoms with van der Waals surface area (Å²) in [5.41, 5.74) is 6.32. The molecule has 0 aliphatic carbocycles. The molecule has 4 rings (SSSR count). The van der Waals surface area contributed by atoms with Gasteiger partial charge in [-0.05, 0) is 31.5 Å². The summed E-state index contributed by atoms with van der Waals surface area (Å²) in [6, 6.07) is 11.1. The zero-order chi connectivity index (χ0) is 17.6. The summed E-state index contributed by atoms with van der Waals surface area (Å²) >= 11 is 0. The van der Waals surface area contributed by atoms with Gasteiger partial charge >= 0.3 is 0 Å². The van der Waals surface area contributed by atoms with Gasteiger partial charge in [0.05, 0.1) is 5.39 Å². The average Bonchev–Trinajstić information content (AvgIpc) is 2.60. The molecule has 1 aromatic heterocycles. The standard InChI is InChI=1S/C20H19N3O2/c1-4-22-15-9-18-17(7-11(15)2)23-20-14-8-12(24)5-6-13(14)16(21-3)10-19(20)25-18/h5-10,21-22H,4H2,1-3H3/p+1.